The monoisotopic (exact) mass is 341 g/mol. The van der Waals surface area contributed by atoms with Gasteiger partial charge in [-0.15, -0.1) is 0 Å². The molecule has 0 aliphatic rings. The van der Waals surface area contributed by atoms with Gasteiger partial charge in [0, 0.05) is 15.6 Å². The quantitative estimate of drug-likeness (QED) is 0.692. The Morgan fingerprint density at radius 1 is 0.952 bits per heavy atom. The van der Waals surface area contributed by atoms with Crippen molar-refractivity contribution < 1.29 is 4.42 Å². The van der Waals surface area contributed by atoms with E-state index in [1.165, 1.54) is 6.07 Å². The van der Waals surface area contributed by atoms with Gasteiger partial charge in [0.15, 0.2) is 0 Å². The molecule has 0 unspecified atom stereocenters. The Labute approximate surface area is 130 Å². The number of halogens is 1. The molecule has 0 fully saturated rings. The summed E-state index contributed by atoms with van der Waals surface area (Å²) >= 11 is 3.38. The molecule has 3 nitrogen and oxygen atoms in total. The zero-order chi connectivity index (χ0) is 14.8. The maximum Gasteiger partial charge on any atom is 0.339 e. The molecule has 0 spiro atoms. The summed E-state index contributed by atoms with van der Waals surface area (Å²) in [6, 6.07) is 16.8. The van der Waals surface area contributed by atoms with Crippen LogP contribution in [0.4, 0.5) is 0 Å². The Balaban J connectivity index is 2.10. The fraction of sp³-hybridized carbons (Fsp3) is 0.0588. The van der Waals surface area contributed by atoms with Gasteiger partial charge in [0.1, 0.15) is 0 Å². The second-order valence-electron chi connectivity index (χ2n) is 4.74. The van der Waals surface area contributed by atoms with Crippen molar-refractivity contribution in [3.8, 4) is 22.7 Å². The molecule has 2 aromatic carbocycles. The summed E-state index contributed by atoms with van der Waals surface area (Å²) < 4.78 is 6.17. The first-order chi connectivity index (χ1) is 10.1. The lowest BCUT2D eigenvalue weighted by Crippen LogP contribution is -2.01. The van der Waals surface area contributed by atoms with E-state index in [1.807, 2.05) is 55.5 Å². The van der Waals surface area contributed by atoms with Crippen LogP contribution in [0.5, 0.6) is 0 Å². The van der Waals surface area contributed by atoms with E-state index >= 15 is 0 Å². The summed E-state index contributed by atoms with van der Waals surface area (Å²) in [4.78, 5) is 16.2. The highest BCUT2D eigenvalue weighted by Gasteiger charge is 2.08. The van der Waals surface area contributed by atoms with Gasteiger partial charge in [-0.1, -0.05) is 45.8 Å². The highest BCUT2D eigenvalue weighted by Crippen LogP contribution is 2.22. The Morgan fingerprint density at radius 2 is 1.57 bits per heavy atom. The van der Waals surface area contributed by atoms with Crippen molar-refractivity contribution in [1.29, 1.82) is 0 Å². The third kappa shape index (κ3) is 3.11. The fourth-order valence-corrected chi connectivity index (χ4v) is 2.25. The molecule has 21 heavy (non-hydrogen) atoms. The van der Waals surface area contributed by atoms with E-state index in [1.54, 1.807) is 0 Å². The van der Waals surface area contributed by atoms with E-state index in [2.05, 4.69) is 20.9 Å². The lowest BCUT2D eigenvalue weighted by molar-refractivity contribution is 0.508. The van der Waals surface area contributed by atoms with Crippen molar-refractivity contribution >= 4 is 15.9 Å². The van der Waals surface area contributed by atoms with Gasteiger partial charge in [-0.2, -0.15) is 0 Å². The molecule has 0 amide bonds. The largest absolute Gasteiger partial charge is 0.404 e. The molecule has 104 valence electrons. The average molecular weight is 342 g/mol. The number of hydrogen-bond donors (Lipinski definition) is 0. The van der Waals surface area contributed by atoms with Gasteiger partial charge in [-0.3, -0.25) is 0 Å². The summed E-state index contributed by atoms with van der Waals surface area (Å²) in [5.74, 6) is 0.325. The second-order valence-corrected chi connectivity index (χ2v) is 5.66. The Hall–Kier alpha value is -2.20. The van der Waals surface area contributed by atoms with Crippen LogP contribution in [0.15, 0.2) is 68.3 Å². The van der Waals surface area contributed by atoms with Gasteiger partial charge in [0.05, 0.1) is 11.8 Å². The minimum atomic E-state index is -0.404. The van der Waals surface area contributed by atoms with Crippen LogP contribution in [0.1, 0.15) is 5.56 Å². The van der Waals surface area contributed by atoms with E-state index in [9.17, 15) is 4.79 Å². The molecule has 1 aromatic heterocycles. The number of hydrogen-bond acceptors (Lipinski definition) is 3. The molecule has 0 radical (unpaired) electrons. The van der Waals surface area contributed by atoms with Gasteiger partial charge >= 0.3 is 5.63 Å². The minimum absolute atomic E-state index is 0.325. The lowest BCUT2D eigenvalue weighted by Gasteiger charge is -2.04. The fourth-order valence-electron chi connectivity index (χ4n) is 1.99. The van der Waals surface area contributed by atoms with Gasteiger partial charge in [-0.25, -0.2) is 9.78 Å². The molecular formula is C17H12BrNO2. The van der Waals surface area contributed by atoms with Gasteiger partial charge in [0.25, 0.3) is 0 Å². The van der Waals surface area contributed by atoms with Crippen molar-refractivity contribution in [2.75, 3.05) is 0 Å². The smallest absolute Gasteiger partial charge is 0.339 e. The van der Waals surface area contributed by atoms with Crippen molar-refractivity contribution in [3.63, 3.8) is 0 Å². The Morgan fingerprint density at radius 3 is 2.24 bits per heavy atom. The van der Waals surface area contributed by atoms with Crippen LogP contribution in [-0.2, 0) is 0 Å². The zero-order valence-corrected chi connectivity index (χ0v) is 12.9. The van der Waals surface area contributed by atoms with E-state index in [4.69, 9.17) is 4.42 Å². The first kappa shape index (κ1) is 13.8. The van der Waals surface area contributed by atoms with Gasteiger partial charge in [-0.05, 0) is 31.2 Å². The minimum Gasteiger partial charge on any atom is -0.404 e. The zero-order valence-electron chi connectivity index (χ0n) is 11.3. The number of rotatable bonds is 2. The molecule has 3 rings (SSSR count). The molecule has 0 aliphatic carbocycles. The topological polar surface area (TPSA) is 43.1 Å². The Kier molecular flexibility index (Phi) is 3.71. The third-order valence-electron chi connectivity index (χ3n) is 3.11. The molecule has 3 aromatic rings. The van der Waals surface area contributed by atoms with E-state index in [0.29, 0.717) is 11.6 Å². The normalized spacial score (nSPS) is 10.6. The van der Waals surface area contributed by atoms with Crippen molar-refractivity contribution in [3.05, 3.63) is 75.1 Å². The van der Waals surface area contributed by atoms with E-state index < -0.39 is 5.63 Å². The first-order valence-corrected chi connectivity index (χ1v) is 7.26. The Bertz CT molecular complexity index is 754. The predicted molar refractivity (Wildman–Crippen MR) is 86.1 cm³/mol. The summed E-state index contributed by atoms with van der Waals surface area (Å²) in [7, 11) is 0. The van der Waals surface area contributed by atoms with Gasteiger partial charge < -0.3 is 4.42 Å². The second kappa shape index (κ2) is 5.66. The van der Waals surface area contributed by atoms with Crippen LogP contribution in [0.2, 0.25) is 0 Å². The number of aryl methyl sites for hydroxylation is 1. The molecule has 0 aliphatic heterocycles. The number of aromatic nitrogens is 1. The van der Waals surface area contributed by atoms with Crippen molar-refractivity contribution in [2.45, 2.75) is 6.92 Å². The molecule has 1 heterocycles. The number of nitrogens with zero attached hydrogens (tertiary/aromatic N) is 1. The van der Waals surface area contributed by atoms with Crippen LogP contribution in [0, 0.1) is 6.92 Å². The summed E-state index contributed by atoms with van der Waals surface area (Å²) in [6.45, 7) is 2.02. The third-order valence-corrected chi connectivity index (χ3v) is 3.64. The van der Waals surface area contributed by atoms with Crippen LogP contribution in [0.3, 0.4) is 0 Å². The summed E-state index contributed by atoms with van der Waals surface area (Å²) in [6.07, 6.45) is 0. The molecule has 0 atom stereocenters. The van der Waals surface area contributed by atoms with Crippen molar-refractivity contribution in [2.24, 2.45) is 0 Å². The van der Waals surface area contributed by atoms with E-state index in [0.717, 1.165) is 21.2 Å². The maximum atomic E-state index is 11.8. The van der Waals surface area contributed by atoms with Crippen LogP contribution in [-0.4, -0.2) is 4.98 Å². The SMILES string of the molecule is Cc1ccc(-c2cc(=O)oc(-c3ccc(Br)cc3)n2)cc1. The van der Waals surface area contributed by atoms with Crippen molar-refractivity contribution in [1.82, 2.24) is 4.98 Å². The molecule has 0 saturated carbocycles. The first-order valence-electron chi connectivity index (χ1n) is 6.47. The average Bonchev–Trinajstić information content (AvgIpc) is 2.48. The molecule has 4 heteroatoms. The van der Waals surface area contributed by atoms with Crippen LogP contribution < -0.4 is 5.63 Å². The predicted octanol–water partition coefficient (Wildman–Crippen LogP) is 4.44. The molecule has 0 bridgehead atoms. The lowest BCUT2D eigenvalue weighted by atomic mass is 10.1. The summed E-state index contributed by atoms with van der Waals surface area (Å²) in [5.41, 5.74) is 3.04. The van der Waals surface area contributed by atoms with Crippen LogP contribution >= 0.6 is 15.9 Å². The highest BCUT2D eigenvalue weighted by atomic mass is 79.9. The summed E-state index contributed by atoms with van der Waals surface area (Å²) in [5, 5.41) is 0. The number of benzene rings is 2. The van der Waals surface area contributed by atoms with E-state index in [-0.39, 0.29) is 0 Å². The van der Waals surface area contributed by atoms with Gasteiger partial charge in [0.2, 0.25) is 5.89 Å². The molecule has 0 N–H and O–H groups in total. The highest BCUT2D eigenvalue weighted by molar-refractivity contribution is 9.10. The molecule has 0 saturated heterocycles. The van der Waals surface area contributed by atoms with Crippen LogP contribution in [0.25, 0.3) is 22.7 Å². The standard InChI is InChI=1S/C17H12BrNO2/c1-11-2-4-12(5-3-11)15-10-16(20)21-17(19-15)13-6-8-14(18)9-7-13/h2-10H,1H3. The molecular weight excluding hydrogens is 330 g/mol. The maximum absolute atomic E-state index is 11.8.